The molecule has 4 nitrogen and oxygen atoms in total. The number of alkyl halides is 3. The highest BCUT2D eigenvalue weighted by atomic mass is 19.4. The predicted molar refractivity (Wildman–Crippen MR) is 112 cm³/mol. The van der Waals surface area contributed by atoms with Crippen molar-refractivity contribution in [2.75, 3.05) is 44.7 Å². The lowest BCUT2D eigenvalue weighted by molar-refractivity contribution is -0.137. The molecule has 1 fully saturated rings. The first-order chi connectivity index (χ1) is 14.1. The maximum Gasteiger partial charge on any atom is 0.416 e. The third kappa shape index (κ3) is 5.33. The molecule has 0 saturated carbocycles. The smallest absolute Gasteiger partial charge is 0.368 e. The molecule has 0 aromatic heterocycles. The molecule has 3 rings (SSSR count). The van der Waals surface area contributed by atoms with E-state index in [4.69, 9.17) is 0 Å². The fraction of sp³-hybridized carbons (Fsp3) is 0.435. The van der Waals surface area contributed by atoms with Crippen LogP contribution in [0.1, 0.15) is 22.3 Å². The number of carbonyl (C=O) groups is 1. The van der Waals surface area contributed by atoms with Crippen molar-refractivity contribution in [2.45, 2.75) is 26.6 Å². The molecule has 1 heterocycles. The SMILES string of the molecule is Cc1cccc(N2CCN(C(=O)CN(C)Cc3ccc(C(F)(F)F)cc3)CC2)c1C. The van der Waals surface area contributed by atoms with E-state index in [-0.39, 0.29) is 12.5 Å². The molecule has 0 spiro atoms. The Labute approximate surface area is 175 Å². The van der Waals surface area contributed by atoms with Crippen LogP contribution in [-0.2, 0) is 17.5 Å². The normalized spacial score (nSPS) is 15.0. The quantitative estimate of drug-likeness (QED) is 0.730. The minimum atomic E-state index is -4.33. The third-order valence-corrected chi connectivity index (χ3v) is 5.69. The first kappa shape index (κ1) is 22.2. The van der Waals surface area contributed by atoms with Crippen LogP contribution in [-0.4, -0.2) is 55.5 Å². The Kier molecular flexibility index (Phi) is 6.71. The van der Waals surface area contributed by atoms with Crippen molar-refractivity contribution >= 4 is 11.6 Å². The Morgan fingerprint density at radius 2 is 1.63 bits per heavy atom. The molecule has 0 atom stereocenters. The Bertz CT molecular complexity index is 872. The van der Waals surface area contributed by atoms with Crippen LogP contribution in [0.3, 0.4) is 0 Å². The molecule has 2 aromatic carbocycles. The van der Waals surface area contributed by atoms with E-state index in [1.54, 1.807) is 0 Å². The average Bonchev–Trinajstić information content (AvgIpc) is 2.70. The monoisotopic (exact) mass is 419 g/mol. The Morgan fingerprint density at radius 3 is 2.23 bits per heavy atom. The third-order valence-electron chi connectivity index (χ3n) is 5.69. The van der Waals surface area contributed by atoms with Crippen molar-refractivity contribution < 1.29 is 18.0 Å². The lowest BCUT2D eigenvalue weighted by atomic mass is 10.1. The highest BCUT2D eigenvalue weighted by Gasteiger charge is 2.30. The molecular formula is C23H28F3N3O. The second-order valence-corrected chi connectivity index (χ2v) is 7.95. The lowest BCUT2D eigenvalue weighted by Crippen LogP contribution is -2.51. The molecular weight excluding hydrogens is 391 g/mol. The van der Waals surface area contributed by atoms with Crippen LogP contribution in [0.15, 0.2) is 42.5 Å². The summed E-state index contributed by atoms with van der Waals surface area (Å²) in [6.07, 6.45) is -4.33. The first-order valence-electron chi connectivity index (χ1n) is 10.1. The molecule has 0 unspecified atom stereocenters. The van der Waals surface area contributed by atoms with Crippen LogP contribution in [0.5, 0.6) is 0 Å². The largest absolute Gasteiger partial charge is 0.416 e. The standard InChI is InChI=1S/C23H28F3N3O/c1-17-5-4-6-21(18(17)2)28-11-13-29(14-12-28)22(30)16-27(3)15-19-7-9-20(10-8-19)23(24,25)26/h4-10H,11-16H2,1-3H3. The number of aryl methyl sites for hydroxylation is 1. The molecule has 0 N–H and O–H groups in total. The molecule has 7 heteroatoms. The van der Waals surface area contributed by atoms with E-state index in [9.17, 15) is 18.0 Å². The highest BCUT2D eigenvalue weighted by Crippen LogP contribution is 2.29. The number of anilines is 1. The van der Waals surface area contributed by atoms with E-state index >= 15 is 0 Å². The zero-order valence-corrected chi connectivity index (χ0v) is 17.7. The highest BCUT2D eigenvalue weighted by molar-refractivity contribution is 5.78. The Hall–Kier alpha value is -2.54. The number of likely N-dealkylation sites (N-methyl/N-ethyl adjacent to an activating group) is 1. The maximum absolute atomic E-state index is 12.7. The maximum atomic E-state index is 12.7. The van der Waals surface area contributed by atoms with Gasteiger partial charge in [-0.1, -0.05) is 24.3 Å². The average molecular weight is 419 g/mol. The Balaban J connectivity index is 1.50. The van der Waals surface area contributed by atoms with Gasteiger partial charge in [-0.3, -0.25) is 9.69 Å². The van der Waals surface area contributed by atoms with Crippen molar-refractivity contribution in [3.63, 3.8) is 0 Å². The first-order valence-corrected chi connectivity index (χ1v) is 10.1. The molecule has 0 radical (unpaired) electrons. The summed E-state index contributed by atoms with van der Waals surface area (Å²) in [5, 5.41) is 0. The summed E-state index contributed by atoms with van der Waals surface area (Å²) in [5.74, 6) is 0.0463. The van der Waals surface area contributed by atoms with E-state index in [1.807, 2.05) is 16.8 Å². The van der Waals surface area contributed by atoms with E-state index in [2.05, 4.69) is 36.9 Å². The molecule has 0 aliphatic carbocycles. The van der Waals surface area contributed by atoms with Gasteiger partial charge in [-0.05, 0) is 55.8 Å². The van der Waals surface area contributed by atoms with Gasteiger partial charge in [0.1, 0.15) is 0 Å². The van der Waals surface area contributed by atoms with Gasteiger partial charge >= 0.3 is 6.18 Å². The van der Waals surface area contributed by atoms with Crippen LogP contribution in [0.25, 0.3) is 0 Å². The molecule has 162 valence electrons. The van der Waals surface area contributed by atoms with Gasteiger partial charge in [-0.2, -0.15) is 13.2 Å². The second-order valence-electron chi connectivity index (χ2n) is 7.95. The summed E-state index contributed by atoms with van der Waals surface area (Å²) < 4.78 is 38.0. The summed E-state index contributed by atoms with van der Waals surface area (Å²) in [5.41, 5.74) is 3.84. The number of piperazine rings is 1. The van der Waals surface area contributed by atoms with E-state index in [0.717, 1.165) is 30.8 Å². The van der Waals surface area contributed by atoms with Gasteiger partial charge in [0.25, 0.3) is 0 Å². The number of hydrogen-bond donors (Lipinski definition) is 0. The Morgan fingerprint density at radius 1 is 1.00 bits per heavy atom. The van der Waals surface area contributed by atoms with Crippen molar-refractivity contribution in [1.29, 1.82) is 0 Å². The summed E-state index contributed by atoms with van der Waals surface area (Å²) in [7, 11) is 1.81. The van der Waals surface area contributed by atoms with E-state index in [1.165, 1.54) is 28.9 Å². The molecule has 30 heavy (non-hydrogen) atoms. The zero-order valence-electron chi connectivity index (χ0n) is 17.7. The van der Waals surface area contributed by atoms with Gasteiger partial charge in [0.05, 0.1) is 12.1 Å². The van der Waals surface area contributed by atoms with Crippen LogP contribution >= 0.6 is 0 Å². The fourth-order valence-electron chi connectivity index (χ4n) is 3.77. The number of rotatable bonds is 5. The molecule has 1 amide bonds. The number of amides is 1. The minimum Gasteiger partial charge on any atom is -0.368 e. The van der Waals surface area contributed by atoms with Crippen molar-refractivity contribution in [3.05, 3.63) is 64.7 Å². The van der Waals surface area contributed by atoms with Crippen molar-refractivity contribution in [2.24, 2.45) is 0 Å². The van der Waals surface area contributed by atoms with Crippen LogP contribution in [0.4, 0.5) is 18.9 Å². The number of carbonyl (C=O) groups excluding carboxylic acids is 1. The minimum absolute atomic E-state index is 0.0463. The van der Waals surface area contributed by atoms with Gasteiger partial charge in [-0.15, -0.1) is 0 Å². The zero-order chi connectivity index (χ0) is 21.9. The summed E-state index contributed by atoms with van der Waals surface area (Å²) >= 11 is 0. The number of nitrogens with zero attached hydrogens (tertiary/aromatic N) is 3. The lowest BCUT2D eigenvalue weighted by Gasteiger charge is -2.37. The van der Waals surface area contributed by atoms with Gasteiger partial charge in [-0.25, -0.2) is 0 Å². The van der Waals surface area contributed by atoms with Crippen molar-refractivity contribution in [3.8, 4) is 0 Å². The summed E-state index contributed by atoms with van der Waals surface area (Å²) in [4.78, 5) is 18.7. The van der Waals surface area contributed by atoms with Crippen molar-refractivity contribution in [1.82, 2.24) is 9.80 Å². The number of benzene rings is 2. The molecule has 0 bridgehead atoms. The molecule has 2 aromatic rings. The molecule has 1 saturated heterocycles. The van der Waals surface area contributed by atoms with E-state index < -0.39 is 11.7 Å². The fourth-order valence-corrected chi connectivity index (χ4v) is 3.77. The molecule has 1 aliphatic rings. The number of hydrogen-bond acceptors (Lipinski definition) is 3. The van der Waals surface area contributed by atoms with Crippen LogP contribution in [0, 0.1) is 13.8 Å². The molecule has 1 aliphatic heterocycles. The summed E-state index contributed by atoms with van der Waals surface area (Å²) in [6.45, 7) is 7.80. The van der Waals surface area contributed by atoms with Gasteiger partial charge in [0.15, 0.2) is 0 Å². The van der Waals surface area contributed by atoms with Gasteiger partial charge in [0.2, 0.25) is 5.91 Å². The van der Waals surface area contributed by atoms with Crippen LogP contribution < -0.4 is 4.90 Å². The topological polar surface area (TPSA) is 26.8 Å². The predicted octanol–water partition coefficient (Wildman–Crippen LogP) is 4.10. The van der Waals surface area contributed by atoms with Gasteiger partial charge < -0.3 is 9.80 Å². The van der Waals surface area contributed by atoms with Gasteiger partial charge in [0, 0.05) is 38.4 Å². The van der Waals surface area contributed by atoms with E-state index in [0.29, 0.717) is 19.6 Å². The van der Waals surface area contributed by atoms with Crippen LogP contribution in [0.2, 0.25) is 0 Å². The number of halogens is 3. The second kappa shape index (κ2) is 9.08. The summed E-state index contributed by atoms with van der Waals surface area (Å²) in [6, 6.07) is 11.4.